The van der Waals surface area contributed by atoms with Crippen LogP contribution in [0, 0.1) is 17.7 Å². The Morgan fingerprint density at radius 1 is 1.23 bits per heavy atom. The predicted octanol–water partition coefficient (Wildman–Crippen LogP) is 1.49. The fourth-order valence-corrected chi connectivity index (χ4v) is 5.05. The van der Waals surface area contributed by atoms with Crippen LogP contribution in [0.2, 0.25) is 0 Å². The fourth-order valence-electron chi connectivity index (χ4n) is 5.05. The standard InChI is InChI=1S/C19H22FN5O/c20-12-2-3-18(25-5-1-4-22-25)15(7-12)13-8-19(26)23-17-9-16-11(6-14(13)17)10-21-24-16/h1-5,7,11,13-14,16-17,21,24H,6,8-10H2,(H,23,26). The zero-order chi connectivity index (χ0) is 17.7. The molecule has 2 saturated heterocycles. The van der Waals surface area contributed by atoms with Gasteiger partial charge in [0.15, 0.2) is 0 Å². The second kappa shape index (κ2) is 6.17. The van der Waals surface area contributed by atoms with Crippen molar-refractivity contribution in [1.29, 1.82) is 0 Å². The number of amides is 1. The Balaban J connectivity index is 1.56. The van der Waals surface area contributed by atoms with Gasteiger partial charge in [0, 0.05) is 37.4 Å². The fraction of sp³-hybridized carbons (Fsp3) is 0.474. The molecule has 1 amide bonds. The lowest BCUT2D eigenvalue weighted by atomic mass is 9.65. The number of piperidine rings is 1. The maximum Gasteiger partial charge on any atom is 0.220 e. The zero-order valence-corrected chi connectivity index (χ0v) is 14.4. The van der Waals surface area contributed by atoms with E-state index in [1.807, 2.05) is 12.3 Å². The van der Waals surface area contributed by atoms with Crippen molar-refractivity contribution in [1.82, 2.24) is 25.9 Å². The van der Waals surface area contributed by atoms with Crippen LogP contribution in [0.3, 0.4) is 0 Å². The van der Waals surface area contributed by atoms with Crippen LogP contribution in [-0.4, -0.2) is 34.3 Å². The lowest BCUT2D eigenvalue weighted by Gasteiger charge is -2.45. The molecule has 3 heterocycles. The minimum Gasteiger partial charge on any atom is -0.353 e. The smallest absolute Gasteiger partial charge is 0.220 e. The molecular formula is C19H22FN5O. The Bertz CT molecular complexity index is 823. The summed E-state index contributed by atoms with van der Waals surface area (Å²) in [5, 5.41) is 7.50. The third kappa shape index (κ3) is 2.62. The molecule has 1 aliphatic carbocycles. The molecule has 0 radical (unpaired) electrons. The summed E-state index contributed by atoms with van der Waals surface area (Å²) in [6, 6.07) is 7.20. The predicted molar refractivity (Wildman–Crippen MR) is 94.0 cm³/mol. The highest BCUT2D eigenvalue weighted by Crippen LogP contribution is 2.45. The average Bonchev–Trinajstić information content (AvgIpc) is 3.30. The number of benzene rings is 1. The van der Waals surface area contributed by atoms with E-state index in [1.54, 1.807) is 23.0 Å². The van der Waals surface area contributed by atoms with Gasteiger partial charge in [-0.1, -0.05) is 0 Å². The molecule has 0 bridgehead atoms. The molecule has 6 nitrogen and oxygen atoms in total. The number of rotatable bonds is 2. The molecule has 2 aromatic rings. The number of aromatic nitrogens is 2. The van der Waals surface area contributed by atoms with Crippen LogP contribution in [0.15, 0.2) is 36.7 Å². The molecule has 3 aliphatic rings. The first-order chi connectivity index (χ1) is 12.7. The summed E-state index contributed by atoms with van der Waals surface area (Å²) in [4.78, 5) is 12.4. The van der Waals surface area contributed by atoms with Crippen LogP contribution in [-0.2, 0) is 4.79 Å². The van der Waals surface area contributed by atoms with Crippen LogP contribution in [0.1, 0.15) is 30.7 Å². The van der Waals surface area contributed by atoms with Gasteiger partial charge in [0.25, 0.3) is 0 Å². The highest BCUT2D eigenvalue weighted by molar-refractivity contribution is 5.79. The Morgan fingerprint density at radius 3 is 3.00 bits per heavy atom. The van der Waals surface area contributed by atoms with Crippen molar-refractivity contribution >= 4 is 5.91 Å². The van der Waals surface area contributed by atoms with E-state index in [0.717, 1.165) is 30.6 Å². The number of hydrazine groups is 1. The molecule has 0 spiro atoms. The van der Waals surface area contributed by atoms with E-state index in [9.17, 15) is 9.18 Å². The van der Waals surface area contributed by atoms with E-state index >= 15 is 0 Å². The Hall–Kier alpha value is -2.25. The van der Waals surface area contributed by atoms with Crippen molar-refractivity contribution in [2.24, 2.45) is 11.8 Å². The van der Waals surface area contributed by atoms with Crippen molar-refractivity contribution in [2.45, 2.75) is 37.3 Å². The number of fused-ring (bicyclic) bond motifs is 2. The summed E-state index contributed by atoms with van der Waals surface area (Å²) < 4.78 is 15.9. The third-order valence-electron chi connectivity index (χ3n) is 6.23. The number of hydrogen-bond donors (Lipinski definition) is 3. The maximum atomic E-state index is 14.1. The molecule has 1 aromatic carbocycles. The van der Waals surface area contributed by atoms with Crippen molar-refractivity contribution < 1.29 is 9.18 Å². The Labute approximate surface area is 151 Å². The molecule has 1 saturated carbocycles. The summed E-state index contributed by atoms with van der Waals surface area (Å²) in [5.74, 6) is 0.653. The number of nitrogens with one attached hydrogen (secondary N) is 3. The maximum absolute atomic E-state index is 14.1. The molecule has 7 heteroatoms. The zero-order valence-electron chi connectivity index (χ0n) is 14.4. The molecule has 3 fully saturated rings. The van der Waals surface area contributed by atoms with Crippen molar-refractivity contribution in [2.75, 3.05) is 6.54 Å². The summed E-state index contributed by atoms with van der Waals surface area (Å²) in [6.07, 6.45) is 5.91. The highest BCUT2D eigenvalue weighted by Gasteiger charge is 2.46. The van der Waals surface area contributed by atoms with Gasteiger partial charge < -0.3 is 5.32 Å². The van der Waals surface area contributed by atoms with Crippen LogP contribution in [0.4, 0.5) is 4.39 Å². The van der Waals surface area contributed by atoms with Crippen molar-refractivity contribution in [3.05, 3.63) is 48.0 Å². The van der Waals surface area contributed by atoms with Crippen LogP contribution >= 0.6 is 0 Å². The normalized spacial score (nSPS) is 33.4. The monoisotopic (exact) mass is 355 g/mol. The van der Waals surface area contributed by atoms with Crippen LogP contribution in [0.25, 0.3) is 5.69 Å². The molecule has 5 rings (SSSR count). The molecule has 2 aliphatic heterocycles. The molecule has 5 atom stereocenters. The quantitative estimate of drug-likeness (QED) is 0.763. The van der Waals surface area contributed by atoms with Crippen LogP contribution < -0.4 is 16.2 Å². The first-order valence-corrected chi connectivity index (χ1v) is 9.26. The topological polar surface area (TPSA) is 71.0 Å². The van der Waals surface area contributed by atoms with Gasteiger partial charge in [-0.15, -0.1) is 0 Å². The lowest BCUT2D eigenvalue weighted by molar-refractivity contribution is -0.126. The van der Waals surface area contributed by atoms with E-state index in [2.05, 4.69) is 21.3 Å². The lowest BCUT2D eigenvalue weighted by Crippen LogP contribution is -2.55. The second-order valence-corrected chi connectivity index (χ2v) is 7.67. The summed E-state index contributed by atoms with van der Waals surface area (Å²) in [5.41, 5.74) is 8.32. The van der Waals surface area contributed by atoms with Gasteiger partial charge in [0.05, 0.1) is 5.69 Å². The van der Waals surface area contributed by atoms with Crippen molar-refractivity contribution in [3.63, 3.8) is 0 Å². The van der Waals surface area contributed by atoms with Crippen molar-refractivity contribution in [3.8, 4) is 5.69 Å². The first kappa shape index (κ1) is 16.0. The second-order valence-electron chi connectivity index (χ2n) is 7.67. The van der Waals surface area contributed by atoms with E-state index in [0.29, 0.717) is 24.3 Å². The van der Waals surface area contributed by atoms with E-state index in [4.69, 9.17) is 0 Å². The van der Waals surface area contributed by atoms with Gasteiger partial charge in [-0.25, -0.2) is 9.07 Å². The van der Waals surface area contributed by atoms with Gasteiger partial charge in [0.1, 0.15) is 5.82 Å². The average molecular weight is 355 g/mol. The van der Waals surface area contributed by atoms with E-state index < -0.39 is 0 Å². The third-order valence-corrected chi connectivity index (χ3v) is 6.23. The summed E-state index contributed by atoms with van der Waals surface area (Å²) in [6.45, 7) is 0.948. The van der Waals surface area contributed by atoms with E-state index in [1.165, 1.54) is 6.07 Å². The number of carbonyl (C=O) groups is 1. The van der Waals surface area contributed by atoms with Gasteiger partial charge in [-0.3, -0.25) is 15.6 Å². The molecule has 3 N–H and O–H groups in total. The van der Waals surface area contributed by atoms with Gasteiger partial charge >= 0.3 is 0 Å². The summed E-state index contributed by atoms with van der Waals surface area (Å²) in [7, 11) is 0. The highest BCUT2D eigenvalue weighted by atomic mass is 19.1. The number of hydrogen-bond acceptors (Lipinski definition) is 4. The number of halogens is 1. The molecule has 1 aromatic heterocycles. The minimum atomic E-state index is -0.267. The van der Waals surface area contributed by atoms with Crippen LogP contribution in [0.5, 0.6) is 0 Å². The van der Waals surface area contributed by atoms with E-state index in [-0.39, 0.29) is 23.7 Å². The largest absolute Gasteiger partial charge is 0.353 e. The molecule has 5 unspecified atom stereocenters. The SMILES string of the molecule is O=C1CC(c2cc(F)ccc2-n2cccn2)C2CC3CNNC3CC2N1. The first-order valence-electron chi connectivity index (χ1n) is 9.26. The number of nitrogens with zero attached hydrogens (tertiary/aromatic N) is 2. The summed E-state index contributed by atoms with van der Waals surface area (Å²) >= 11 is 0. The van der Waals surface area contributed by atoms with Gasteiger partial charge in [-0.2, -0.15) is 5.10 Å². The Kier molecular flexibility index (Phi) is 3.79. The minimum absolute atomic E-state index is 0.00481. The molecule has 26 heavy (non-hydrogen) atoms. The van der Waals surface area contributed by atoms with Gasteiger partial charge in [0.2, 0.25) is 5.91 Å². The Morgan fingerprint density at radius 2 is 2.15 bits per heavy atom. The number of carbonyl (C=O) groups excluding carboxylic acids is 1. The molecule has 136 valence electrons. The molecular weight excluding hydrogens is 333 g/mol. The van der Waals surface area contributed by atoms with Gasteiger partial charge in [-0.05, 0) is 60.4 Å².